The number of thiophene rings is 1. The molecule has 0 amide bonds. The lowest BCUT2D eigenvalue weighted by Gasteiger charge is -2.22. The third-order valence-corrected chi connectivity index (χ3v) is 4.54. The molecule has 0 bridgehead atoms. The van der Waals surface area contributed by atoms with Crippen LogP contribution in [-0.2, 0) is 6.54 Å². The number of aliphatic hydroxyl groups excluding tert-OH is 1. The van der Waals surface area contributed by atoms with E-state index in [-0.39, 0.29) is 0 Å². The van der Waals surface area contributed by atoms with Crippen molar-refractivity contribution in [2.75, 3.05) is 19.7 Å². The van der Waals surface area contributed by atoms with Crippen LogP contribution in [0.1, 0.15) is 24.1 Å². The van der Waals surface area contributed by atoms with Gasteiger partial charge in [-0.1, -0.05) is 18.0 Å². The summed E-state index contributed by atoms with van der Waals surface area (Å²) in [6, 6.07) is 1.96. The van der Waals surface area contributed by atoms with Crippen molar-refractivity contribution in [3.63, 3.8) is 0 Å². The van der Waals surface area contributed by atoms with Gasteiger partial charge >= 0.3 is 0 Å². The quantitative estimate of drug-likeness (QED) is 0.902. The van der Waals surface area contributed by atoms with Gasteiger partial charge in [0.15, 0.2) is 0 Å². The Labute approximate surface area is 106 Å². The Morgan fingerprint density at radius 2 is 2.38 bits per heavy atom. The molecule has 2 heterocycles. The molecule has 1 N–H and O–H groups in total. The van der Waals surface area contributed by atoms with Crippen molar-refractivity contribution < 1.29 is 5.11 Å². The molecule has 0 saturated carbocycles. The first-order chi connectivity index (χ1) is 7.79. The zero-order valence-electron chi connectivity index (χ0n) is 9.36. The van der Waals surface area contributed by atoms with Crippen molar-refractivity contribution in [3.8, 4) is 0 Å². The fourth-order valence-corrected chi connectivity index (χ4v) is 3.39. The Balaban J connectivity index is 1.95. The smallest absolute Gasteiger partial charge is 0.0558 e. The van der Waals surface area contributed by atoms with Gasteiger partial charge in [-0.3, -0.25) is 4.90 Å². The first-order valence-corrected chi connectivity index (χ1v) is 7.10. The molecule has 1 atom stereocenters. The molecule has 1 aliphatic heterocycles. The summed E-state index contributed by atoms with van der Waals surface area (Å²) >= 11 is 7.83. The zero-order chi connectivity index (χ0) is 11.4. The highest BCUT2D eigenvalue weighted by Gasteiger charge is 2.18. The van der Waals surface area contributed by atoms with E-state index in [4.69, 9.17) is 11.6 Å². The lowest BCUT2D eigenvalue weighted by Crippen LogP contribution is -2.29. The average Bonchev–Trinajstić information content (AvgIpc) is 2.55. The Morgan fingerprint density at radius 3 is 3.06 bits per heavy atom. The second kappa shape index (κ2) is 6.01. The van der Waals surface area contributed by atoms with Crippen LogP contribution < -0.4 is 0 Å². The first kappa shape index (κ1) is 12.4. The van der Waals surface area contributed by atoms with Gasteiger partial charge in [0, 0.05) is 24.6 Å². The molecule has 16 heavy (non-hydrogen) atoms. The maximum atomic E-state index is 9.26. The maximum absolute atomic E-state index is 9.26. The number of hydrogen-bond donors (Lipinski definition) is 1. The van der Waals surface area contributed by atoms with Gasteiger partial charge in [-0.05, 0) is 36.8 Å². The van der Waals surface area contributed by atoms with Gasteiger partial charge in [0.25, 0.3) is 0 Å². The Hall–Kier alpha value is -0.0900. The zero-order valence-corrected chi connectivity index (χ0v) is 10.9. The molecule has 2 nitrogen and oxygen atoms in total. The standard InChI is InChI=1S/C12H18ClNOS/c13-11-4-6-16-12(11)8-14-5-2-1-3-10(7-14)9-15/h4,6,10,15H,1-3,5,7-9H2/t10-/m1/s1. The van der Waals surface area contributed by atoms with Gasteiger partial charge in [-0.15, -0.1) is 11.3 Å². The molecule has 2 rings (SSSR count). The summed E-state index contributed by atoms with van der Waals surface area (Å²) in [5.74, 6) is 0.446. The molecule has 4 heteroatoms. The van der Waals surface area contributed by atoms with Crippen molar-refractivity contribution >= 4 is 22.9 Å². The van der Waals surface area contributed by atoms with Crippen LogP contribution in [0.4, 0.5) is 0 Å². The van der Waals surface area contributed by atoms with E-state index in [1.165, 1.54) is 17.7 Å². The molecule has 0 radical (unpaired) electrons. The third-order valence-electron chi connectivity index (χ3n) is 3.17. The summed E-state index contributed by atoms with van der Waals surface area (Å²) < 4.78 is 0. The second-order valence-electron chi connectivity index (χ2n) is 4.47. The summed E-state index contributed by atoms with van der Waals surface area (Å²) in [6.07, 6.45) is 3.63. The van der Waals surface area contributed by atoms with Crippen LogP contribution in [0, 0.1) is 5.92 Å². The van der Waals surface area contributed by atoms with Crippen molar-refractivity contribution in [1.29, 1.82) is 0 Å². The molecule has 0 aliphatic carbocycles. The summed E-state index contributed by atoms with van der Waals surface area (Å²) in [7, 11) is 0. The first-order valence-electron chi connectivity index (χ1n) is 5.84. The molecule has 1 aromatic heterocycles. The van der Waals surface area contributed by atoms with Gasteiger partial charge in [-0.2, -0.15) is 0 Å². The van der Waals surface area contributed by atoms with Crippen molar-refractivity contribution in [1.82, 2.24) is 4.90 Å². The maximum Gasteiger partial charge on any atom is 0.0558 e. The molecule has 1 fully saturated rings. The summed E-state index contributed by atoms with van der Waals surface area (Å²) in [5.41, 5.74) is 0. The van der Waals surface area contributed by atoms with Crippen molar-refractivity contribution in [3.05, 3.63) is 21.3 Å². The molecule has 0 aromatic carbocycles. The number of halogens is 1. The van der Waals surface area contributed by atoms with Gasteiger partial charge in [0.05, 0.1) is 5.02 Å². The lowest BCUT2D eigenvalue weighted by molar-refractivity contribution is 0.170. The van der Waals surface area contributed by atoms with E-state index in [1.807, 2.05) is 11.4 Å². The van der Waals surface area contributed by atoms with E-state index in [9.17, 15) is 5.11 Å². The molecule has 0 spiro atoms. The van der Waals surface area contributed by atoms with Crippen LogP contribution in [0.2, 0.25) is 5.02 Å². The predicted octanol–water partition coefficient (Wildman–Crippen LogP) is 3.00. The van der Waals surface area contributed by atoms with Crippen molar-refractivity contribution in [2.24, 2.45) is 5.92 Å². The average molecular weight is 260 g/mol. The van der Waals surface area contributed by atoms with Gasteiger partial charge in [0.1, 0.15) is 0 Å². The molecular weight excluding hydrogens is 242 g/mol. The highest BCUT2D eigenvalue weighted by Crippen LogP contribution is 2.25. The number of hydrogen-bond acceptors (Lipinski definition) is 3. The van der Waals surface area contributed by atoms with Crippen LogP contribution in [0.3, 0.4) is 0 Å². The molecule has 0 unspecified atom stereocenters. The predicted molar refractivity (Wildman–Crippen MR) is 69.0 cm³/mol. The Morgan fingerprint density at radius 1 is 1.50 bits per heavy atom. The van der Waals surface area contributed by atoms with E-state index in [0.29, 0.717) is 12.5 Å². The number of rotatable bonds is 3. The van der Waals surface area contributed by atoms with E-state index in [0.717, 1.165) is 31.1 Å². The number of likely N-dealkylation sites (tertiary alicyclic amines) is 1. The molecule has 1 aromatic rings. The highest BCUT2D eigenvalue weighted by molar-refractivity contribution is 7.10. The van der Waals surface area contributed by atoms with Crippen LogP contribution in [0.5, 0.6) is 0 Å². The summed E-state index contributed by atoms with van der Waals surface area (Å²) in [4.78, 5) is 3.67. The van der Waals surface area contributed by atoms with E-state index in [1.54, 1.807) is 11.3 Å². The molecule has 90 valence electrons. The van der Waals surface area contributed by atoms with Gasteiger partial charge < -0.3 is 5.11 Å². The highest BCUT2D eigenvalue weighted by atomic mass is 35.5. The Kier molecular flexibility index (Phi) is 4.65. The van der Waals surface area contributed by atoms with Gasteiger partial charge in [-0.25, -0.2) is 0 Å². The van der Waals surface area contributed by atoms with Crippen molar-refractivity contribution in [2.45, 2.75) is 25.8 Å². The van der Waals surface area contributed by atoms with Crippen LogP contribution >= 0.6 is 22.9 Å². The Bertz CT molecular complexity index is 329. The number of aliphatic hydroxyl groups is 1. The fraction of sp³-hybridized carbons (Fsp3) is 0.667. The minimum Gasteiger partial charge on any atom is -0.396 e. The largest absolute Gasteiger partial charge is 0.396 e. The minimum atomic E-state index is 0.314. The van der Waals surface area contributed by atoms with Crippen LogP contribution in [0.15, 0.2) is 11.4 Å². The van der Waals surface area contributed by atoms with Gasteiger partial charge in [0.2, 0.25) is 0 Å². The van der Waals surface area contributed by atoms with E-state index < -0.39 is 0 Å². The normalized spacial score (nSPS) is 23.2. The second-order valence-corrected chi connectivity index (χ2v) is 5.88. The van der Waals surface area contributed by atoms with E-state index in [2.05, 4.69) is 4.90 Å². The fourth-order valence-electron chi connectivity index (χ4n) is 2.25. The monoisotopic (exact) mass is 259 g/mol. The molecular formula is C12H18ClNOS. The lowest BCUT2D eigenvalue weighted by atomic mass is 10.1. The molecule has 1 saturated heterocycles. The topological polar surface area (TPSA) is 23.5 Å². The minimum absolute atomic E-state index is 0.314. The van der Waals surface area contributed by atoms with E-state index >= 15 is 0 Å². The number of nitrogens with zero attached hydrogens (tertiary/aromatic N) is 1. The van der Waals surface area contributed by atoms with Crippen LogP contribution in [0.25, 0.3) is 0 Å². The van der Waals surface area contributed by atoms with Crippen LogP contribution in [-0.4, -0.2) is 29.7 Å². The summed E-state index contributed by atoms with van der Waals surface area (Å²) in [5, 5.41) is 12.2. The molecule has 1 aliphatic rings. The SMILES string of the molecule is OC[C@@H]1CCCCN(Cc2sccc2Cl)C1. The summed E-state index contributed by atoms with van der Waals surface area (Å²) in [6.45, 7) is 3.39. The third kappa shape index (κ3) is 3.20.